The molecule has 1 heterocycles. The van der Waals surface area contributed by atoms with Crippen LogP contribution in [0.15, 0.2) is 12.1 Å². The van der Waals surface area contributed by atoms with Crippen molar-refractivity contribution >= 4 is 5.69 Å². The molecule has 0 saturated carbocycles. The van der Waals surface area contributed by atoms with E-state index in [1.165, 1.54) is 22.4 Å². The average Bonchev–Trinajstić information content (AvgIpc) is 2.55. The van der Waals surface area contributed by atoms with E-state index in [-0.39, 0.29) is 0 Å². The Hall–Kier alpha value is -1.02. The summed E-state index contributed by atoms with van der Waals surface area (Å²) in [5.41, 5.74) is 11.1. The van der Waals surface area contributed by atoms with Gasteiger partial charge in [-0.1, -0.05) is 12.1 Å². The number of fused-ring (bicyclic) bond motifs is 1. The lowest BCUT2D eigenvalue weighted by atomic mass is 10.0. The second kappa shape index (κ2) is 3.04. The number of aryl methyl sites for hydroxylation is 1. The summed E-state index contributed by atoms with van der Waals surface area (Å²) in [7, 11) is 0. The Kier molecular flexibility index (Phi) is 2.00. The molecular formula is C11H16N2. The summed E-state index contributed by atoms with van der Waals surface area (Å²) in [4.78, 5) is 0. The van der Waals surface area contributed by atoms with Crippen molar-refractivity contribution in [1.82, 2.24) is 0 Å². The molecule has 70 valence electrons. The molecule has 0 saturated heterocycles. The van der Waals surface area contributed by atoms with Crippen LogP contribution in [-0.2, 0) is 6.42 Å². The third-order valence-electron chi connectivity index (χ3n) is 2.92. The van der Waals surface area contributed by atoms with Crippen molar-refractivity contribution in [2.24, 2.45) is 5.73 Å². The Morgan fingerprint density at radius 3 is 2.92 bits per heavy atom. The maximum atomic E-state index is 5.64. The van der Waals surface area contributed by atoms with Crippen molar-refractivity contribution < 1.29 is 0 Å². The molecule has 0 aliphatic carbocycles. The average molecular weight is 176 g/mol. The molecule has 3 N–H and O–H groups in total. The summed E-state index contributed by atoms with van der Waals surface area (Å²) in [6.45, 7) is 5.03. The van der Waals surface area contributed by atoms with E-state index in [4.69, 9.17) is 5.73 Å². The fourth-order valence-corrected chi connectivity index (χ4v) is 1.91. The van der Waals surface area contributed by atoms with Crippen LogP contribution in [0.5, 0.6) is 0 Å². The number of hydrogen-bond donors (Lipinski definition) is 2. The first-order valence-corrected chi connectivity index (χ1v) is 4.78. The molecule has 1 atom stereocenters. The van der Waals surface area contributed by atoms with Gasteiger partial charge in [0, 0.05) is 18.3 Å². The molecule has 2 rings (SSSR count). The van der Waals surface area contributed by atoms with Gasteiger partial charge >= 0.3 is 0 Å². The van der Waals surface area contributed by atoms with Crippen molar-refractivity contribution in [2.45, 2.75) is 26.3 Å². The van der Waals surface area contributed by atoms with Gasteiger partial charge in [-0.05, 0) is 37.0 Å². The van der Waals surface area contributed by atoms with Crippen LogP contribution in [0.4, 0.5) is 5.69 Å². The molecule has 1 aliphatic heterocycles. The van der Waals surface area contributed by atoms with Crippen molar-refractivity contribution in [2.75, 3.05) is 11.9 Å². The van der Waals surface area contributed by atoms with Gasteiger partial charge in [-0.3, -0.25) is 0 Å². The van der Waals surface area contributed by atoms with Crippen LogP contribution in [0.25, 0.3) is 0 Å². The molecular weight excluding hydrogens is 160 g/mol. The van der Waals surface area contributed by atoms with Crippen molar-refractivity contribution in [3.8, 4) is 0 Å². The Morgan fingerprint density at radius 2 is 2.23 bits per heavy atom. The minimum absolute atomic E-state index is 0.440. The second-order valence-corrected chi connectivity index (χ2v) is 3.82. The topological polar surface area (TPSA) is 38.0 Å². The van der Waals surface area contributed by atoms with Crippen LogP contribution in [0.1, 0.15) is 16.7 Å². The van der Waals surface area contributed by atoms with Gasteiger partial charge in [0.2, 0.25) is 0 Å². The smallest absolute Gasteiger partial charge is 0.0425 e. The summed E-state index contributed by atoms with van der Waals surface area (Å²) in [5, 5.41) is 3.47. The van der Waals surface area contributed by atoms with Gasteiger partial charge in [-0.25, -0.2) is 0 Å². The molecule has 0 amide bonds. The molecule has 13 heavy (non-hydrogen) atoms. The SMILES string of the molecule is Cc1ccc2c(c1C)NC(CN)C2. The fourth-order valence-electron chi connectivity index (χ4n) is 1.91. The monoisotopic (exact) mass is 176 g/mol. The Morgan fingerprint density at radius 1 is 1.46 bits per heavy atom. The van der Waals surface area contributed by atoms with E-state index in [9.17, 15) is 0 Å². The third kappa shape index (κ3) is 1.31. The molecule has 1 aliphatic rings. The van der Waals surface area contributed by atoms with E-state index in [1.807, 2.05) is 0 Å². The van der Waals surface area contributed by atoms with Crippen molar-refractivity contribution in [3.63, 3.8) is 0 Å². The van der Waals surface area contributed by atoms with Gasteiger partial charge in [0.15, 0.2) is 0 Å². The molecule has 2 nitrogen and oxygen atoms in total. The summed E-state index contributed by atoms with van der Waals surface area (Å²) >= 11 is 0. The highest BCUT2D eigenvalue weighted by Crippen LogP contribution is 2.30. The summed E-state index contributed by atoms with van der Waals surface area (Å²) in [6.07, 6.45) is 1.08. The highest BCUT2D eigenvalue weighted by atomic mass is 15.0. The lowest BCUT2D eigenvalue weighted by molar-refractivity contribution is 0.760. The lowest BCUT2D eigenvalue weighted by Gasteiger charge is -2.09. The first-order valence-electron chi connectivity index (χ1n) is 4.78. The number of anilines is 1. The zero-order chi connectivity index (χ0) is 9.42. The van der Waals surface area contributed by atoms with Gasteiger partial charge in [0.05, 0.1) is 0 Å². The van der Waals surface area contributed by atoms with Crippen LogP contribution in [0, 0.1) is 13.8 Å². The first kappa shape index (κ1) is 8.57. The normalized spacial score (nSPS) is 19.8. The molecule has 0 spiro atoms. The van der Waals surface area contributed by atoms with E-state index in [0.29, 0.717) is 12.6 Å². The Balaban J connectivity index is 2.40. The van der Waals surface area contributed by atoms with E-state index < -0.39 is 0 Å². The number of nitrogens with two attached hydrogens (primary N) is 1. The van der Waals surface area contributed by atoms with E-state index in [1.54, 1.807) is 0 Å². The van der Waals surface area contributed by atoms with Crippen LogP contribution in [-0.4, -0.2) is 12.6 Å². The predicted octanol–water partition coefficient (Wildman–Crippen LogP) is 1.60. The number of rotatable bonds is 1. The van der Waals surface area contributed by atoms with Crippen molar-refractivity contribution in [3.05, 3.63) is 28.8 Å². The number of benzene rings is 1. The van der Waals surface area contributed by atoms with Crippen LogP contribution in [0.3, 0.4) is 0 Å². The van der Waals surface area contributed by atoms with Gasteiger partial charge in [-0.2, -0.15) is 0 Å². The number of nitrogens with one attached hydrogen (secondary N) is 1. The molecule has 0 radical (unpaired) electrons. The minimum atomic E-state index is 0.440. The minimum Gasteiger partial charge on any atom is -0.380 e. The molecule has 1 aromatic carbocycles. The van der Waals surface area contributed by atoms with Gasteiger partial charge in [0.25, 0.3) is 0 Å². The highest BCUT2D eigenvalue weighted by molar-refractivity contribution is 5.64. The largest absolute Gasteiger partial charge is 0.380 e. The second-order valence-electron chi connectivity index (χ2n) is 3.82. The molecule has 0 bridgehead atoms. The lowest BCUT2D eigenvalue weighted by Crippen LogP contribution is -2.25. The summed E-state index contributed by atoms with van der Waals surface area (Å²) < 4.78 is 0. The van der Waals surface area contributed by atoms with Crippen molar-refractivity contribution in [1.29, 1.82) is 0 Å². The van der Waals surface area contributed by atoms with E-state index in [0.717, 1.165) is 6.42 Å². The zero-order valence-corrected chi connectivity index (χ0v) is 8.22. The van der Waals surface area contributed by atoms with Crippen LogP contribution < -0.4 is 11.1 Å². The summed E-state index contributed by atoms with van der Waals surface area (Å²) in [6, 6.07) is 4.84. The maximum absolute atomic E-state index is 5.64. The van der Waals surface area contributed by atoms with Crippen LogP contribution >= 0.6 is 0 Å². The quantitative estimate of drug-likeness (QED) is 0.682. The maximum Gasteiger partial charge on any atom is 0.0425 e. The molecule has 0 aromatic heterocycles. The highest BCUT2D eigenvalue weighted by Gasteiger charge is 2.20. The van der Waals surface area contributed by atoms with E-state index in [2.05, 4.69) is 31.3 Å². The summed E-state index contributed by atoms with van der Waals surface area (Å²) in [5.74, 6) is 0. The van der Waals surface area contributed by atoms with Crippen LogP contribution in [0.2, 0.25) is 0 Å². The Bertz CT molecular complexity index is 331. The molecule has 0 fully saturated rings. The predicted molar refractivity (Wildman–Crippen MR) is 56.1 cm³/mol. The fraction of sp³-hybridized carbons (Fsp3) is 0.455. The van der Waals surface area contributed by atoms with Gasteiger partial charge < -0.3 is 11.1 Å². The van der Waals surface area contributed by atoms with E-state index >= 15 is 0 Å². The van der Waals surface area contributed by atoms with Gasteiger partial charge in [0.1, 0.15) is 0 Å². The zero-order valence-electron chi connectivity index (χ0n) is 8.22. The molecule has 1 unspecified atom stereocenters. The Labute approximate surface area is 79.1 Å². The first-order chi connectivity index (χ1) is 6.22. The standard InChI is InChI=1S/C11H16N2/c1-7-3-4-9-5-10(6-12)13-11(9)8(7)2/h3-4,10,13H,5-6,12H2,1-2H3. The molecule has 2 heteroatoms. The van der Waals surface area contributed by atoms with Gasteiger partial charge in [-0.15, -0.1) is 0 Å². The number of hydrogen-bond acceptors (Lipinski definition) is 2. The third-order valence-corrected chi connectivity index (χ3v) is 2.92. The molecule has 1 aromatic rings.